The Morgan fingerprint density at radius 1 is 1.35 bits per heavy atom. The molecule has 2 fully saturated rings. The van der Waals surface area contributed by atoms with Gasteiger partial charge in [-0.3, -0.25) is 0 Å². The maximum absolute atomic E-state index is 12.7. The van der Waals surface area contributed by atoms with Crippen LogP contribution >= 0.6 is 0 Å². The lowest BCUT2D eigenvalue weighted by Gasteiger charge is -2.36. The van der Waals surface area contributed by atoms with Crippen molar-refractivity contribution in [3.8, 4) is 0 Å². The zero-order chi connectivity index (χ0) is 16.7. The maximum atomic E-state index is 12.7. The number of alkyl halides is 3. The van der Waals surface area contributed by atoms with Gasteiger partial charge in [0.2, 0.25) is 0 Å². The lowest BCUT2D eigenvalue weighted by atomic mass is 9.77. The van der Waals surface area contributed by atoms with Crippen LogP contribution in [0.2, 0.25) is 0 Å². The highest BCUT2D eigenvalue weighted by atomic mass is 19.4. The molecule has 0 unspecified atom stereocenters. The zero-order valence-electron chi connectivity index (χ0n) is 12.5. The number of hydrogen-bond acceptors (Lipinski definition) is 2. The van der Waals surface area contributed by atoms with Crippen molar-refractivity contribution in [3.63, 3.8) is 0 Å². The lowest BCUT2D eigenvalue weighted by Crippen LogP contribution is -2.50. The molecular weight excluding hydrogens is 309 g/mol. The van der Waals surface area contributed by atoms with Gasteiger partial charge in [-0.1, -0.05) is 12.1 Å². The molecule has 4 nitrogen and oxygen atoms in total. The summed E-state index contributed by atoms with van der Waals surface area (Å²) in [5.41, 5.74) is -0.120. The normalized spacial score (nSPS) is 20.7. The second kappa shape index (κ2) is 5.70. The van der Waals surface area contributed by atoms with E-state index >= 15 is 0 Å². The molecule has 0 bridgehead atoms. The molecule has 1 aromatic rings. The van der Waals surface area contributed by atoms with E-state index in [1.54, 1.807) is 0 Å². The van der Waals surface area contributed by atoms with E-state index in [0.29, 0.717) is 5.41 Å². The molecule has 3 N–H and O–H groups in total. The summed E-state index contributed by atoms with van der Waals surface area (Å²) < 4.78 is 38.2. The molecule has 7 heteroatoms. The third-order valence-corrected chi connectivity index (χ3v) is 4.76. The Hall–Kier alpha value is -1.76. The van der Waals surface area contributed by atoms with E-state index in [0.717, 1.165) is 25.0 Å². The van der Waals surface area contributed by atoms with Crippen molar-refractivity contribution in [1.29, 1.82) is 0 Å². The van der Waals surface area contributed by atoms with Crippen molar-refractivity contribution in [1.82, 2.24) is 10.6 Å². The van der Waals surface area contributed by atoms with Crippen LogP contribution in [0, 0.1) is 5.41 Å². The summed E-state index contributed by atoms with van der Waals surface area (Å²) in [6.45, 7) is -0.469. The Bertz CT molecular complexity index is 591. The number of aliphatic hydroxyl groups is 1. The molecule has 2 saturated carbocycles. The van der Waals surface area contributed by atoms with Gasteiger partial charge in [0.25, 0.3) is 0 Å². The van der Waals surface area contributed by atoms with E-state index in [4.69, 9.17) is 0 Å². The van der Waals surface area contributed by atoms with Crippen molar-refractivity contribution < 1.29 is 23.1 Å². The van der Waals surface area contributed by atoms with Crippen LogP contribution in [0.1, 0.15) is 42.9 Å². The number of rotatable bonds is 4. The van der Waals surface area contributed by atoms with Crippen molar-refractivity contribution in [3.05, 3.63) is 35.4 Å². The largest absolute Gasteiger partial charge is 0.416 e. The minimum atomic E-state index is -4.46. The fourth-order valence-electron chi connectivity index (χ4n) is 3.22. The Morgan fingerprint density at radius 3 is 2.61 bits per heavy atom. The number of aliphatic hydroxyl groups excluding tert-OH is 1. The molecule has 126 valence electrons. The van der Waals surface area contributed by atoms with Crippen molar-refractivity contribution in [2.45, 2.75) is 43.9 Å². The molecule has 2 amide bonds. The summed E-state index contributed by atoms with van der Waals surface area (Å²) in [6, 6.07) is 3.43. The first-order valence-corrected chi connectivity index (χ1v) is 7.66. The van der Waals surface area contributed by atoms with Gasteiger partial charge in [-0.05, 0) is 48.8 Å². The summed E-state index contributed by atoms with van der Waals surface area (Å²) in [7, 11) is 0. The van der Waals surface area contributed by atoms with E-state index in [1.165, 1.54) is 25.0 Å². The number of urea groups is 1. The van der Waals surface area contributed by atoms with Crippen LogP contribution in [0.25, 0.3) is 0 Å². The van der Waals surface area contributed by atoms with Gasteiger partial charge in [-0.15, -0.1) is 0 Å². The van der Waals surface area contributed by atoms with E-state index in [1.807, 2.05) is 0 Å². The van der Waals surface area contributed by atoms with Crippen LogP contribution in [0.4, 0.5) is 18.0 Å². The second-order valence-electron chi connectivity index (χ2n) is 6.58. The number of amides is 2. The summed E-state index contributed by atoms with van der Waals surface area (Å²) in [4.78, 5) is 11.9. The van der Waals surface area contributed by atoms with Crippen LogP contribution in [-0.4, -0.2) is 23.8 Å². The Balaban J connectivity index is 1.59. The van der Waals surface area contributed by atoms with Gasteiger partial charge in [-0.2, -0.15) is 13.2 Å². The summed E-state index contributed by atoms with van der Waals surface area (Å²) >= 11 is 0. The Labute approximate surface area is 132 Å². The first-order chi connectivity index (χ1) is 10.8. The fourth-order valence-corrected chi connectivity index (χ4v) is 3.22. The number of nitrogens with one attached hydrogen (secondary N) is 2. The third-order valence-electron chi connectivity index (χ3n) is 4.76. The van der Waals surface area contributed by atoms with Gasteiger partial charge < -0.3 is 15.7 Å². The molecule has 1 aromatic carbocycles. The standard InChI is InChI=1S/C16H19F3N2O2/c17-16(18,19)11-3-1-2-10(6-11)13(9-22)21-14(23)20-12-7-15(8-12)4-5-15/h1-3,6,12-13,22H,4-5,7-9H2,(H2,20,21,23)/t13-/m0/s1. The topological polar surface area (TPSA) is 61.4 Å². The fraction of sp³-hybridized carbons (Fsp3) is 0.562. The van der Waals surface area contributed by atoms with Crippen LogP contribution in [0.15, 0.2) is 24.3 Å². The Kier molecular flexibility index (Phi) is 4.00. The van der Waals surface area contributed by atoms with Gasteiger partial charge in [0.1, 0.15) is 0 Å². The molecular formula is C16H19F3N2O2. The van der Waals surface area contributed by atoms with E-state index in [9.17, 15) is 23.1 Å². The van der Waals surface area contributed by atoms with Crippen LogP contribution in [0.5, 0.6) is 0 Å². The molecule has 0 aromatic heterocycles. The molecule has 1 spiro atoms. The number of benzene rings is 1. The summed E-state index contributed by atoms with van der Waals surface area (Å²) in [5, 5.41) is 14.7. The molecule has 0 saturated heterocycles. The van der Waals surface area contributed by atoms with Gasteiger partial charge >= 0.3 is 12.2 Å². The SMILES string of the molecule is O=C(NC1CC2(CC2)C1)N[C@@H](CO)c1cccc(C(F)(F)F)c1. The first-order valence-electron chi connectivity index (χ1n) is 7.66. The van der Waals surface area contributed by atoms with Gasteiger partial charge in [0.05, 0.1) is 18.2 Å². The molecule has 0 aliphatic heterocycles. The maximum Gasteiger partial charge on any atom is 0.416 e. The highest BCUT2D eigenvalue weighted by Gasteiger charge is 2.53. The zero-order valence-corrected chi connectivity index (χ0v) is 12.5. The highest BCUT2D eigenvalue weighted by molar-refractivity contribution is 5.75. The van der Waals surface area contributed by atoms with Crippen molar-refractivity contribution >= 4 is 6.03 Å². The number of halogens is 3. The van der Waals surface area contributed by atoms with Gasteiger partial charge in [0.15, 0.2) is 0 Å². The van der Waals surface area contributed by atoms with Gasteiger partial charge in [-0.25, -0.2) is 4.79 Å². The minimum absolute atomic E-state index is 0.123. The number of hydrogen-bond donors (Lipinski definition) is 3. The molecule has 23 heavy (non-hydrogen) atoms. The predicted molar refractivity (Wildman–Crippen MR) is 77.6 cm³/mol. The van der Waals surface area contributed by atoms with E-state index in [-0.39, 0.29) is 11.6 Å². The first kappa shape index (κ1) is 16.1. The molecule has 0 heterocycles. The van der Waals surface area contributed by atoms with Crippen LogP contribution < -0.4 is 10.6 Å². The molecule has 2 aliphatic rings. The quantitative estimate of drug-likeness (QED) is 0.796. The molecule has 1 atom stereocenters. The highest BCUT2D eigenvalue weighted by Crippen LogP contribution is 2.60. The Morgan fingerprint density at radius 2 is 2.04 bits per heavy atom. The number of carbonyl (C=O) groups excluding carboxylic acids is 1. The summed E-state index contributed by atoms with van der Waals surface area (Å²) in [5.74, 6) is 0. The molecule has 2 aliphatic carbocycles. The van der Waals surface area contributed by atoms with Gasteiger partial charge in [0, 0.05) is 6.04 Å². The third kappa shape index (κ3) is 3.60. The molecule has 0 radical (unpaired) electrons. The van der Waals surface area contributed by atoms with E-state index in [2.05, 4.69) is 10.6 Å². The predicted octanol–water partition coefficient (Wildman–Crippen LogP) is 2.98. The van der Waals surface area contributed by atoms with Crippen LogP contribution in [0.3, 0.4) is 0 Å². The number of carbonyl (C=O) groups is 1. The molecule has 3 rings (SSSR count). The smallest absolute Gasteiger partial charge is 0.394 e. The second-order valence-corrected chi connectivity index (χ2v) is 6.58. The van der Waals surface area contributed by atoms with E-state index < -0.39 is 30.4 Å². The van der Waals surface area contributed by atoms with Crippen molar-refractivity contribution in [2.24, 2.45) is 5.41 Å². The lowest BCUT2D eigenvalue weighted by molar-refractivity contribution is -0.137. The average Bonchev–Trinajstić information content (AvgIpc) is 3.24. The summed E-state index contributed by atoms with van der Waals surface area (Å²) in [6.07, 6.45) is -0.0864. The van der Waals surface area contributed by atoms with Crippen LogP contribution in [-0.2, 0) is 6.18 Å². The van der Waals surface area contributed by atoms with Crippen molar-refractivity contribution in [2.75, 3.05) is 6.61 Å². The average molecular weight is 328 g/mol. The monoisotopic (exact) mass is 328 g/mol. The minimum Gasteiger partial charge on any atom is -0.394 e.